The molecule has 0 atom stereocenters. The third-order valence-corrected chi connectivity index (χ3v) is 4.70. The molecule has 0 radical (unpaired) electrons. The Bertz CT molecular complexity index is 1150. The van der Waals surface area contributed by atoms with Crippen molar-refractivity contribution in [1.29, 1.82) is 0 Å². The number of nitrogens with one attached hydrogen (secondary N) is 2. The van der Waals surface area contributed by atoms with Gasteiger partial charge >= 0.3 is 12.0 Å². The topological polar surface area (TPSA) is 127 Å². The van der Waals surface area contributed by atoms with Crippen LogP contribution in [-0.2, 0) is 11.2 Å². The highest BCUT2D eigenvalue weighted by Gasteiger charge is 2.28. The number of amides is 2. The summed E-state index contributed by atoms with van der Waals surface area (Å²) < 4.78 is 4.88. The molecule has 1 aromatic heterocycles. The number of ketones is 1. The van der Waals surface area contributed by atoms with Gasteiger partial charge < -0.3 is 15.5 Å². The Hall–Kier alpha value is -4.20. The third kappa shape index (κ3) is 4.87. The SMILES string of the molecule is COC(=O)c1c(C)[nH]c(/C=N/NC(N)=O)c1C(=O)c1ccccc1Cc1ccccc1. The number of methoxy groups -OCH3 is 1. The van der Waals surface area contributed by atoms with Crippen molar-refractivity contribution in [3.8, 4) is 0 Å². The lowest BCUT2D eigenvalue weighted by Crippen LogP contribution is -2.24. The van der Waals surface area contributed by atoms with Crippen LogP contribution in [0, 0.1) is 6.92 Å². The first kappa shape index (κ1) is 21.5. The lowest BCUT2D eigenvalue weighted by atomic mass is 9.92. The zero-order valence-electron chi connectivity index (χ0n) is 17.1. The molecular formula is C23H22N4O4. The zero-order chi connectivity index (χ0) is 22.4. The summed E-state index contributed by atoms with van der Waals surface area (Å²) in [6.07, 6.45) is 1.78. The van der Waals surface area contributed by atoms with Gasteiger partial charge in [0.2, 0.25) is 0 Å². The molecule has 2 amide bonds. The molecule has 0 spiro atoms. The van der Waals surface area contributed by atoms with Crippen LogP contribution >= 0.6 is 0 Å². The average molecular weight is 418 g/mol. The molecule has 3 aromatic rings. The molecule has 158 valence electrons. The highest BCUT2D eigenvalue weighted by atomic mass is 16.5. The van der Waals surface area contributed by atoms with E-state index < -0.39 is 12.0 Å². The second kappa shape index (κ2) is 9.53. The minimum Gasteiger partial charge on any atom is -0.465 e. The molecular weight excluding hydrogens is 396 g/mol. The van der Waals surface area contributed by atoms with Gasteiger partial charge in [-0.1, -0.05) is 54.6 Å². The number of urea groups is 1. The van der Waals surface area contributed by atoms with Crippen LogP contribution in [0.3, 0.4) is 0 Å². The van der Waals surface area contributed by atoms with Crippen LogP contribution in [0.2, 0.25) is 0 Å². The Morgan fingerprint density at radius 1 is 1.06 bits per heavy atom. The zero-order valence-corrected chi connectivity index (χ0v) is 17.1. The predicted molar refractivity (Wildman–Crippen MR) is 116 cm³/mol. The first-order valence-corrected chi connectivity index (χ1v) is 9.48. The van der Waals surface area contributed by atoms with Crippen molar-refractivity contribution < 1.29 is 19.1 Å². The molecule has 3 rings (SSSR count). The van der Waals surface area contributed by atoms with E-state index in [0.29, 0.717) is 17.7 Å². The van der Waals surface area contributed by atoms with Crippen molar-refractivity contribution in [1.82, 2.24) is 10.4 Å². The number of hydrogen-bond acceptors (Lipinski definition) is 5. The molecule has 1 heterocycles. The molecule has 0 aliphatic heterocycles. The molecule has 0 bridgehead atoms. The normalized spacial score (nSPS) is 10.8. The maximum absolute atomic E-state index is 13.6. The van der Waals surface area contributed by atoms with Crippen LogP contribution in [0.25, 0.3) is 0 Å². The van der Waals surface area contributed by atoms with E-state index in [-0.39, 0.29) is 22.6 Å². The van der Waals surface area contributed by atoms with Crippen molar-refractivity contribution in [2.45, 2.75) is 13.3 Å². The fourth-order valence-electron chi connectivity index (χ4n) is 3.35. The summed E-state index contributed by atoms with van der Waals surface area (Å²) in [5.74, 6) is -1.02. The minimum absolute atomic E-state index is 0.111. The molecule has 0 aliphatic rings. The van der Waals surface area contributed by atoms with Crippen molar-refractivity contribution in [2.75, 3.05) is 7.11 Å². The van der Waals surface area contributed by atoms with Crippen LogP contribution in [0.4, 0.5) is 4.79 Å². The summed E-state index contributed by atoms with van der Waals surface area (Å²) in [6.45, 7) is 1.65. The molecule has 0 aliphatic carbocycles. The summed E-state index contributed by atoms with van der Waals surface area (Å²) in [5, 5.41) is 3.72. The number of esters is 1. The number of aryl methyl sites for hydroxylation is 1. The summed E-state index contributed by atoms with van der Waals surface area (Å²) >= 11 is 0. The van der Waals surface area contributed by atoms with Gasteiger partial charge in [0.15, 0.2) is 5.78 Å². The van der Waals surface area contributed by atoms with E-state index in [1.165, 1.54) is 13.3 Å². The highest BCUT2D eigenvalue weighted by molar-refractivity contribution is 6.19. The van der Waals surface area contributed by atoms with Crippen LogP contribution in [0.5, 0.6) is 0 Å². The highest BCUT2D eigenvalue weighted by Crippen LogP contribution is 2.25. The number of nitrogens with two attached hydrogens (primary N) is 1. The second-order valence-corrected chi connectivity index (χ2v) is 6.79. The molecule has 8 nitrogen and oxygen atoms in total. The van der Waals surface area contributed by atoms with Gasteiger partial charge in [-0.05, 0) is 24.5 Å². The molecule has 31 heavy (non-hydrogen) atoms. The summed E-state index contributed by atoms with van der Waals surface area (Å²) in [7, 11) is 1.24. The largest absolute Gasteiger partial charge is 0.465 e. The van der Waals surface area contributed by atoms with E-state index in [1.807, 2.05) is 42.5 Å². The standard InChI is InChI=1S/C23H22N4O4/c1-14-19(22(29)31-2)20(18(26-14)13-25-27-23(24)30)21(28)17-11-7-6-10-16(17)12-15-8-4-3-5-9-15/h3-11,13,26H,12H2,1-2H3,(H3,24,27,30)/b25-13+. The number of primary amides is 1. The Kier molecular flexibility index (Phi) is 6.61. The van der Waals surface area contributed by atoms with Crippen molar-refractivity contribution in [3.05, 3.63) is 93.8 Å². The van der Waals surface area contributed by atoms with Crippen LogP contribution < -0.4 is 11.2 Å². The van der Waals surface area contributed by atoms with Gasteiger partial charge in [-0.3, -0.25) is 4.79 Å². The fraction of sp³-hybridized carbons (Fsp3) is 0.130. The smallest absolute Gasteiger partial charge is 0.340 e. The summed E-state index contributed by atoms with van der Waals surface area (Å²) in [5.41, 5.74) is 10.3. The van der Waals surface area contributed by atoms with E-state index in [0.717, 1.165) is 11.1 Å². The first-order chi connectivity index (χ1) is 14.9. The Balaban J connectivity index is 2.09. The number of carbonyl (C=O) groups is 3. The van der Waals surface area contributed by atoms with Crippen LogP contribution in [0.15, 0.2) is 59.7 Å². The number of benzene rings is 2. The summed E-state index contributed by atoms with van der Waals surface area (Å²) in [6, 6.07) is 16.1. The second-order valence-electron chi connectivity index (χ2n) is 6.79. The average Bonchev–Trinajstić information content (AvgIpc) is 3.09. The van der Waals surface area contributed by atoms with Gasteiger partial charge in [-0.2, -0.15) is 5.10 Å². The molecule has 0 saturated carbocycles. The third-order valence-electron chi connectivity index (χ3n) is 4.70. The molecule has 4 N–H and O–H groups in total. The molecule has 0 fully saturated rings. The number of hydrazone groups is 1. The summed E-state index contributed by atoms with van der Waals surface area (Å²) in [4.78, 5) is 39.9. The quantitative estimate of drug-likeness (QED) is 0.236. The minimum atomic E-state index is -0.853. The number of aromatic nitrogens is 1. The van der Waals surface area contributed by atoms with Crippen LogP contribution in [0.1, 0.15) is 48.8 Å². The molecule has 2 aromatic carbocycles. The van der Waals surface area contributed by atoms with Crippen molar-refractivity contribution >= 4 is 24.0 Å². The van der Waals surface area contributed by atoms with Gasteiger partial charge in [0.05, 0.1) is 30.1 Å². The maximum atomic E-state index is 13.6. The first-order valence-electron chi connectivity index (χ1n) is 9.48. The Morgan fingerprint density at radius 2 is 1.74 bits per heavy atom. The molecule has 0 saturated heterocycles. The van der Waals surface area contributed by atoms with E-state index in [2.05, 4.69) is 15.5 Å². The number of carbonyl (C=O) groups excluding carboxylic acids is 3. The number of aromatic amines is 1. The van der Waals surface area contributed by atoms with Gasteiger partial charge in [-0.15, -0.1) is 0 Å². The fourth-order valence-corrected chi connectivity index (χ4v) is 3.35. The monoisotopic (exact) mass is 418 g/mol. The number of nitrogens with zero attached hydrogens (tertiary/aromatic N) is 1. The van der Waals surface area contributed by atoms with E-state index in [4.69, 9.17) is 10.5 Å². The number of ether oxygens (including phenoxy) is 1. The van der Waals surface area contributed by atoms with E-state index in [9.17, 15) is 14.4 Å². The van der Waals surface area contributed by atoms with Gasteiger partial charge in [0.25, 0.3) is 0 Å². The number of hydrogen-bond donors (Lipinski definition) is 3. The van der Waals surface area contributed by atoms with Crippen molar-refractivity contribution in [3.63, 3.8) is 0 Å². The molecule has 0 unspecified atom stereocenters. The maximum Gasteiger partial charge on any atom is 0.340 e. The van der Waals surface area contributed by atoms with E-state index >= 15 is 0 Å². The predicted octanol–water partition coefficient (Wildman–Crippen LogP) is 2.93. The van der Waals surface area contributed by atoms with Gasteiger partial charge in [0.1, 0.15) is 0 Å². The van der Waals surface area contributed by atoms with E-state index in [1.54, 1.807) is 19.1 Å². The number of rotatable bonds is 7. The Morgan fingerprint density at radius 3 is 2.42 bits per heavy atom. The lowest BCUT2D eigenvalue weighted by Gasteiger charge is -2.10. The van der Waals surface area contributed by atoms with Gasteiger partial charge in [0, 0.05) is 11.3 Å². The number of H-pyrrole nitrogens is 1. The Labute approximate surface area is 179 Å². The van der Waals surface area contributed by atoms with Crippen molar-refractivity contribution in [2.24, 2.45) is 10.8 Å². The van der Waals surface area contributed by atoms with Crippen LogP contribution in [-0.4, -0.2) is 36.1 Å². The lowest BCUT2D eigenvalue weighted by molar-refractivity contribution is 0.0597. The van der Waals surface area contributed by atoms with Gasteiger partial charge in [-0.25, -0.2) is 15.0 Å². The molecule has 8 heteroatoms.